The van der Waals surface area contributed by atoms with E-state index in [2.05, 4.69) is 4.74 Å². The fourth-order valence-corrected chi connectivity index (χ4v) is 3.49. The van der Waals surface area contributed by atoms with Gasteiger partial charge in [0, 0.05) is 30.3 Å². The molecule has 0 bridgehead atoms. The molecule has 1 fully saturated rings. The minimum atomic E-state index is -4.53. The van der Waals surface area contributed by atoms with Crippen LogP contribution in [0.5, 0.6) is 5.75 Å². The summed E-state index contributed by atoms with van der Waals surface area (Å²) >= 11 is 0. The Hall–Kier alpha value is -3.84. The number of ether oxygens (including phenoxy) is 1. The lowest BCUT2D eigenvalue weighted by atomic mass is 10.00. The molecule has 0 saturated carbocycles. The summed E-state index contributed by atoms with van der Waals surface area (Å²) in [5, 5.41) is 8.88. The van der Waals surface area contributed by atoms with Crippen LogP contribution in [-0.4, -0.2) is 53.5 Å². The monoisotopic (exact) mass is 492 g/mol. The molecular formula is C20H11F7N2O5. The topological polar surface area (TPSA) is 87.2 Å². The van der Waals surface area contributed by atoms with Gasteiger partial charge in [0.15, 0.2) is 29.0 Å². The van der Waals surface area contributed by atoms with Crippen LogP contribution in [0.2, 0.25) is 0 Å². The van der Waals surface area contributed by atoms with Crippen LogP contribution >= 0.6 is 0 Å². The van der Waals surface area contributed by atoms with Crippen LogP contribution < -0.4 is 9.64 Å². The maximum Gasteiger partial charge on any atom is 0.482 e. The molecule has 14 heteroatoms. The van der Waals surface area contributed by atoms with Gasteiger partial charge in [0.1, 0.15) is 12.4 Å². The van der Waals surface area contributed by atoms with Crippen LogP contribution in [-0.2, 0) is 14.4 Å². The number of anilines is 1. The number of alkyl halides is 2. The van der Waals surface area contributed by atoms with Gasteiger partial charge in [0.2, 0.25) is 5.91 Å². The fourth-order valence-electron chi connectivity index (χ4n) is 3.49. The molecule has 7 nitrogen and oxygen atoms in total. The number of carbonyl (C=O) groups is 3. The number of fused-ring (bicyclic) bond motifs is 1. The number of nitrogens with zero attached hydrogens (tertiary/aromatic N) is 2. The van der Waals surface area contributed by atoms with Crippen LogP contribution in [0.4, 0.5) is 36.4 Å². The third-order valence-corrected chi connectivity index (χ3v) is 5.34. The largest absolute Gasteiger partial charge is 0.482 e. The van der Waals surface area contributed by atoms with E-state index in [1.807, 2.05) is 0 Å². The molecule has 2 aliphatic rings. The van der Waals surface area contributed by atoms with Crippen molar-refractivity contribution >= 4 is 23.5 Å². The standard InChI is InChI=1S/C20H11F7N2O5/c21-10-3-13-12(2-8(10)9-1-11(22)16(24)17(25)15(9)23)29(19(33)20(26,27)34-13)6-14(30)28-4-7(5-28)18(31)32/h1-3,7H,4-6H2,(H,31,32). The number of carboxylic acids is 1. The summed E-state index contributed by atoms with van der Waals surface area (Å²) < 4.78 is 102. The van der Waals surface area contributed by atoms with E-state index in [-0.39, 0.29) is 30.1 Å². The Balaban J connectivity index is 1.76. The quantitative estimate of drug-likeness (QED) is 0.403. The molecule has 1 saturated heterocycles. The Morgan fingerprint density at radius 1 is 0.971 bits per heavy atom. The van der Waals surface area contributed by atoms with Crippen LogP contribution in [0, 0.1) is 35.0 Å². The molecule has 4 rings (SSSR count). The Labute approximate surface area is 184 Å². The number of halogens is 7. The maximum absolute atomic E-state index is 14.6. The summed E-state index contributed by atoms with van der Waals surface area (Å²) in [5.41, 5.74) is -2.73. The van der Waals surface area contributed by atoms with Crippen molar-refractivity contribution in [2.75, 3.05) is 24.5 Å². The van der Waals surface area contributed by atoms with E-state index in [9.17, 15) is 45.1 Å². The number of benzene rings is 2. The normalized spacial score (nSPS) is 17.2. The van der Waals surface area contributed by atoms with Gasteiger partial charge in [-0.1, -0.05) is 0 Å². The summed E-state index contributed by atoms with van der Waals surface area (Å²) in [5.74, 6) is -15.8. The molecule has 1 N–H and O–H groups in total. The summed E-state index contributed by atoms with van der Waals surface area (Å²) in [7, 11) is 0. The number of aliphatic carboxylic acids is 1. The number of carboxylic acid groups (broad SMARTS) is 1. The summed E-state index contributed by atoms with van der Waals surface area (Å²) in [6.45, 7) is -1.55. The highest BCUT2D eigenvalue weighted by atomic mass is 19.3. The number of hydrogen-bond acceptors (Lipinski definition) is 4. The van der Waals surface area contributed by atoms with Crippen LogP contribution in [0.15, 0.2) is 18.2 Å². The lowest BCUT2D eigenvalue weighted by Crippen LogP contribution is -2.58. The van der Waals surface area contributed by atoms with Gasteiger partial charge in [-0.3, -0.25) is 19.3 Å². The first-order valence-electron chi connectivity index (χ1n) is 9.38. The fraction of sp³-hybridized carbons (Fsp3) is 0.250. The number of rotatable bonds is 4. The zero-order chi connectivity index (χ0) is 25.1. The molecule has 0 atom stereocenters. The molecule has 2 aromatic carbocycles. The van der Waals surface area contributed by atoms with Gasteiger partial charge >= 0.3 is 18.0 Å². The number of likely N-dealkylation sites (tertiary alicyclic amines) is 1. The molecular weight excluding hydrogens is 481 g/mol. The first-order chi connectivity index (χ1) is 15.8. The van der Waals surface area contributed by atoms with E-state index < -0.39 is 88.0 Å². The molecule has 180 valence electrons. The zero-order valence-electron chi connectivity index (χ0n) is 16.6. The van der Waals surface area contributed by atoms with E-state index in [1.165, 1.54) is 0 Å². The van der Waals surface area contributed by atoms with Gasteiger partial charge in [0.25, 0.3) is 0 Å². The maximum atomic E-state index is 14.6. The highest BCUT2D eigenvalue weighted by Gasteiger charge is 2.52. The van der Waals surface area contributed by atoms with Gasteiger partial charge < -0.3 is 14.7 Å². The van der Waals surface area contributed by atoms with Crippen molar-refractivity contribution in [1.29, 1.82) is 0 Å². The van der Waals surface area contributed by atoms with Gasteiger partial charge in [-0.15, -0.1) is 0 Å². The third kappa shape index (κ3) is 3.68. The van der Waals surface area contributed by atoms with Crippen molar-refractivity contribution in [3.63, 3.8) is 0 Å². The molecule has 2 aliphatic heterocycles. The van der Waals surface area contributed by atoms with E-state index in [0.717, 1.165) is 4.90 Å². The summed E-state index contributed by atoms with van der Waals surface area (Å²) in [6, 6.07) is 0.946. The van der Waals surface area contributed by atoms with Crippen molar-refractivity contribution in [1.82, 2.24) is 4.90 Å². The van der Waals surface area contributed by atoms with Crippen molar-refractivity contribution in [3.05, 3.63) is 47.3 Å². The van der Waals surface area contributed by atoms with E-state index in [1.54, 1.807) is 0 Å². The smallest absolute Gasteiger partial charge is 0.481 e. The second kappa shape index (κ2) is 7.88. The average molecular weight is 492 g/mol. The SMILES string of the molecule is O=C(O)C1CN(C(=O)CN2C(=O)C(F)(F)Oc3cc(F)c(-c4cc(F)c(F)c(F)c4F)cc32)C1. The van der Waals surface area contributed by atoms with Crippen molar-refractivity contribution in [3.8, 4) is 16.9 Å². The lowest BCUT2D eigenvalue weighted by molar-refractivity contribution is -0.193. The highest BCUT2D eigenvalue weighted by Crippen LogP contribution is 2.43. The van der Waals surface area contributed by atoms with Crippen LogP contribution in [0.1, 0.15) is 0 Å². The first kappa shape index (κ1) is 23.3. The molecule has 2 heterocycles. The third-order valence-electron chi connectivity index (χ3n) is 5.34. The number of amides is 2. The van der Waals surface area contributed by atoms with Gasteiger partial charge in [-0.2, -0.15) is 8.78 Å². The second-order valence-electron chi connectivity index (χ2n) is 7.49. The van der Waals surface area contributed by atoms with Crippen LogP contribution in [0.25, 0.3) is 11.1 Å². The van der Waals surface area contributed by atoms with Gasteiger partial charge in [-0.05, 0) is 12.1 Å². The van der Waals surface area contributed by atoms with E-state index in [4.69, 9.17) is 5.11 Å². The molecule has 0 aromatic heterocycles. The molecule has 2 amide bonds. The number of hydrogen-bond donors (Lipinski definition) is 1. The molecule has 0 radical (unpaired) electrons. The Kier molecular flexibility index (Phi) is 5.41. The lowest BCUT2D eigenvalue weighted by Gasteiger charge is -2.39. The first-order valence-corrected chi connectivity index (χ1v) is 9.38. The summed E-state index contributed by atoms with van der Waals surface area (Å²) in [4.78, 5) is 36.7. The molecule has 0 aliphatic carbocycles. The van der Waals surface area contributed by atoms with E-state index in [0.29, 0.717) is 6.07 Å². The molecule has 0 spiro atoms. The number of carbonyl (C=O) groups excluding carboxylic acids is 2. The minimum Gasteiger partial charge on any atom is -0.481 e. The molecule has 34 heavy (non-hydrogen) atoms. The predicted molar refractivity (Wildman–Crippen MR) is 97.3 cm³/mol. The van der Waals surface area contributed by atoms with Gasteiger partial charge in [0.05, 0.1) is 11.6 Å². The van der Waals surface area contributed by atoms with Crippen molar-refractivity contribution in [2.45, 2.75) is 6.11 Å². The van der Waals surface area contributed by atoms with Crippen molar-refractivity contribution < 1.29 is 55.0 Å². The molecule has 2 aromatic rings. The minimum absolute atomic E-state index is 0.125. The highest BCUT2D eigenvalue weighted by molar-refractivity contribution is 6.05. The zero-order valence-corrected chi connectivity index (χ0v) is 16.6. The molecule has 0 unspecified atom stereocenters. The average Bonchev–Trinajstić information content (AvgIpc) is 2.71. The van der Waals surface area contributed by atoms with Gasteiger partial charge in [-0.25, -0.2) is 22.0 Å². The van der Waals surface area contributed by atoms with E-state index >= 15 is 0 Å². The second-order valence-corrected chi connectivity index (χ2v) is 7.49. The Bertz CT molecular complexity index is 1250. The summed E-state index contributed by atoms with van der Waals surface area (Å²) in [6.07, 6.45) is -4.53. The Morgan fingerprint density at radius 2 is 1.62 bits per heavy atom. The van der Waals surface area contributed by atoms with Crippen molar-refractivity contribution in [2.24, 2.45) is 5.92 Å². The van der Waals surface area contributed by atoms with Crippen LogP contribution in [0.3, 0.4) is 0 Å². The predicted octanol–water partition coefficient (Wildman–Crippen LogP) is 2.91. The Morgan fingerprint density at radius 3 is 2.24 bits per heavy atom.